The van der Waals surface area contributed by atoms with E-state index in [1.54, 1.807) is 42.7 Å². The predicted octanol–water partition coefficient (Wildman–Crippen LogP) is 4.78. The second kappa shape index (κ2) is 9.40. The Morgan fingerprint density at radius 1 is 1.10 bits per heavy atom. The molecule has 0 aliphatic carbocycles. The van der Waals surface area contributed by atoms with E-state index in [2.05, 4.69) is 25.6 Å². The average Bonchev–Trinajstić information content (AvgIpc) is 2.71. The summed E-state index contributed by atoms with van der Waals surface area (Å²) in [6.07, 6.45) is -0.687. The number of amides is 1. The maximum Gasteiger partial charge on any atom is 0.417 e. The molecule has 7 nitrogen and oxygen atoms in total. The van der Waals surface area contributed by atoms with Crippen molar-refractivity contribution in [3.63, 3.8) is 0 Å². The molecule has 1 amide bonds. The number of carbonyl (C=O) groups is 1. The summed E-state index contributed by atoms with van der Waals surface area (Å²) >= 11 is 5.81. The SMILES string of the molecule is O=C(CCNc1ncc(C(F)(F)F)cc1Cl)Nc1ccc(Oc2ncccn2)cc1. The van der Waals surface area contributed by atoms with Gasteiger partial charge in [0.1, 0.15) is 11.6 Å². The second-order valence-corrected chi connectivity index (χ2v) is 6.34. The molecule has 2 aromatic heterocycles. The van der Waals surface area contributed by atoms with E-state index < -0.39 is 11.7 Å². The number of hydrogen-bond donors (Lipinski definition) is 2. The second-order valence-electron chi connectivity index (χ2n) is 5.93. The number of rotatable bonds is 7. The van der Waals surface area contributed by atoms with Crippen molar-refractivity contribution in [3.8, 4) is 11.8 Å². The van der Waals surface area contributed by atoms with E-state index in [9.17, 15) is 18.0 Å². The van der Waals surface area contributed by atoms with Crippen LogP contribution >= 0.6 is 11.6 Å². The molecule has 30 heavy (non-hydrogen) atoms. The fraction of sp³-hybridized carbons (Fsp3) is 0.158. The Balaban J connectivity index is 1.47. The van der Waals surface area contributed by atoms with Crippen molar-refractivity contribution >= 4 is 29.0 Å². The number of nitrogens with one attached hydrogen (secondary N) is 2. The van der Waals surface area contributed by atoms with Crippen molar-refractivity contribution < 1.29 is 22.7 Å². The van der Waals surface area contributed by atoms with Crippen LogP contribution in [0, 0.1) is 0 Å². The van der Waals surface area contributed by atoms with Gasteiger partial charge in [0.15, 0.2) is 0 Å². The highest BCUT2D eigenvalue weighted by atomic mass is 35.5. The molecule has 3 aromatic rings. The van der Waals surface area contributed by atoms with E-state index in [0.29, 0.717) is 17.6 Å². The molecule has 0 atom stereocenters. The lowest BCUT2D eigenvalue weighted by molar-refractivity contribution is -0.137. The smallest absolute Gasteiger partial charge is 0.417 e. The fourth-order valence-corrected chi connectivity index (χ4v) is 2.52. The van der Waals surface area contributed by atoms with Gasteiger partial charge in [-0.3, -0.25) is 4.79 Å². The molecule has 0 aliphatic heterocycles. The molecule has 0 spiro atoms. The first-order valence-electron chi connectivity index (χ1n) is 8.62. The van der Waals surface area contributed by atoms with Crippen molar-refractivity contribution in [3.05, 3.63) is 65.6 Å². The molecule has 11 heteroatoms. The summed E-state index contributed by atoms with van der Waals surface area (Å²) < 4.78 is 43.3. The average molecular weight is 438 g/mol. The van der Waals surface area contributed by atoms with Gasteiger partial charge in [-0.05, 0) is 36.4 Å². The van der Waals surface area contributed by atoms with Gasteiger partial charge in [-0.2, -0.15) is 13.2 Å². The molecule has 3 rings (SSSR count). The number of nitrogens with zero attached hydrogens (tertiary/aromatic N) is 3. The molecule has 0 bridgehead atoms. The Hall–Kier alpha value is -3.40. The predicted molar refractivity (Wildman–Crippen MR) is 105 cm³/mol. The third-order valence-corrected chi connectivity index (χ3v) is 3.99. The summed E-state index contributed by atoms with van der Waals surface area (Å²) in [6, 6.07) is 9.25. The Kier molecular flexibility index (Phi) is 6.68. The third kappa shape index (κ3) is 6.05. The van der Waals surface area contributed by atoms with Crippen LogP contribution < -0.4 is 15.4 Å². The monoisotopic (exact) mass is 437 g/mol. The number of carbonyl (C=O) groups excluding carboxylic acids is 1. The quantitative estimate of drug-likeness (QED) is 0.553. The van der Waals surface area contributed by atoms with Crippen LogP contribution in [0.3, 0.4) is 0 Å². The zero-order valence-corrected chi connectivity index (χ0v) is 16.0. The lowest BCUT2D eigenvalue weighted by Gasteiger charge is -2.11. The molecule has 156 valence electrons. The van der Waals surface area contributed by atoms with E-state index >= 15 is 0 Å². The van der Waals surface area contributed by atoms with E-state index in [-0.39, 0.29) is 35.7 Å². The summed E-state index contributed by atoms with van der Waals surface area (Å²) in [4.78, 5) is 23.6. The molecule has 0 aliphatic rings. The Bertz CT molecular complexity index is 1000. The van der Waals surface area contributed by atoms with Crippen LogP contribution in [0.25, 0.3) is 0 Å². The van der Waals surface area contributed by atoms with Crippen LogP contribution in [0.5, 0.6) is 11.8 Å². The van der Waals surface area contributed by atoms with Crippen molar-refractivity contribution in [2.75, 3.05) is 17.2 Å². The van der Waals surface area contributed by atoms with Gasteiger partial charge in [0.05, 0.1) is 10.6 Å². The highest BCUT2D eigenvalue weighted by molar-refractivity contribution is 6.33. The number of ether oxygens (including phenoxy) is 1. The number of anilines is 2. The first kappa shape index (κ1) is 21.3. The van der Waals surface area contributed by atoms with Gasteiger partial charge in [-0.1, -0.05) is 11.6 Å². The van der Waals surface area contributed by atoms with Gasteiger partial charge >= 0.3 is 12.2 Å². The van der Waals surface area contributed by atoms with Crippen molar-refractivity contribution in [1.29, 1.82) is 0 Å². The van der Waals surface area contributed by atoms with Gasteiger partial charge in [0, 0.05) is 37.2 Å². The summed E-state index contributed by atoms with van der Waals surface area (Å²) in [7, 11) is 0. The molecule has 2 heterocycles. The van der Waals surface area contributed by atoms with Crippen LogP contribution in [0.2, 0.25) is 5.02 Å². The molecular formula is C19H15ClF3N5O2. The summed E-state index contributed by atoms with van der Waals surface area (Å²) in [5.41, 5.74) is -0.394. The van der Waals surface area contributed by atoms with Crippen molar-refractivity contribution in [1.82, 2.24) is 15.0 Å². The zero-order chi connectivity index (χ0) is 21.6. The number of alkyl halides is 3. The lowest BCUT2D eigenvalue weighted by Crippen LogP contribution is -2.17. The number of hydrogen-bond acceptors (Lipinski definition) is 6. The van der Waals surface area contributed by atoms with Crippen LogP contribution in [-0.2, 0) is 11.0 Å². The summed E-state index contributed by atoms with van der Waals surface area (Å²) in [5.74, 6) is 0.275. The normalized spacial score (nSPS) is 11.1. The van der Waals surface area contributed by atoms with Gasteiger partial charge in [-0.15, -0.1) is 0 Å². The van der Waals surface area contributed by atoms with Crippen LogP contribution in [0.1, 0.15) is 12.0 Å². The topological polar surface area (TPSA) is 89.0 Å². The number of aromatic nitrogens is 3. The largest absolute Gasteiger partial charge is 0.424 e. The van der Waals surface area contributed by atoms with Gasteiger partial charge in [-0.25, -0.2) is 15.0 Å². The van der Waals surface area contributed by atoms with E-state index in [1.165, 1.54) is 0 Å². The van der Waals surface area contributed by atoms with E-state index in [4.69, 9.17) is 16.3 Å². The van der Waals surface area contributed by atoms with E-state index in [1.807, 2.05) is 0 Å². The van der Waals surface area contributed by atoms with Gasteiger partial charge in [0.25, 0.3) is 0 Å². The highest BCUT2D eigenvalue weighted by Crippen LogP contribution is 2.32. The molecule has 0 radical (unpaired) electrons. The molecular weight excluding hydrogens is 423 g/mol. The lowest BCUT2D eigenvalue weighted by atomic mass is 10.2. The fourth-order valence-electron chi connectivity index (χ4n) is 2.29. The van der Waals surface area contributed by atoms with Crippen molar-refractivity contribution in [2.24, 2.45) is 0 Å². The van der Waals surface area contributed by atoms with Crippen LogP contribution in [0.4, 0.5) is 24.7 Å². The van der Waals surface area contributed by atoms with Crippen LogP contribution in [0.15, 0.2) is 55.0 Å². The number of benzene rings is 1. The highest BCUT2D eigenvalue weighted by Gasteiger charge is 2.31. The summed E-state index contributed by atoms with van der Waals surface area (Å²) in [5, 5.41) is 5.26. The first-order valence-corrected chi connectivity index (χ1v) is 9.00. The molecule has 0 saturated carbocycles. The maximum absolute atomic E-state index is 12.6. The standard InChI is InChI=1S/C19H15ClF3N5O2/c20-15-10-12(19(21,22)23)11-27-17(15)24-9-6-16(29)28-13-2-4-14(5-3-13)30-18-25-7-1-8-26-18/h1-5,7-8,10-11H,6,9H2,(H,24,27)(H,28,29). The Morgan fingerprint density at radius 2 is 1.80 bits per heavy atom. The zero-order valence-electron chi connectivity index (χ0n) is 15.3. The Morgan fingerprint density at radius 3 is 2.43 bits per heavy atom. The van der Waals surface area contributed by atoms with Crippen molar-refractivity contribution in [2.45, 2.75) is 12.6 Å². The Labute approximate surface area is 174 Å². The molecule has 2 N–H and O–H groups in total. The number of pyridine rings is 1. The third-order valence-electron chi connectivity index (χ3n) is 3.70. The minimum Gasteiger partial charge on any atom is -0.424 e. The molecule has 0 fully saturated rings. The van der Waals surface area contributed by atoms with Gasteiger partial charge in [0.2, 0.25) is 5.91 Å². The molecule has 1 aromatic carbocycles. The summed E-state index contributed by atoms with van der Waals surface area (Å²) in [6.45, 7) is 0.135. The van der Waals surface area contributed by atoms with E-state index in [0.717, 1.165) is 6.07 Å². The molecule has 0 unspecified atom stereocenters. The van der Waals surface area contributed by atoms with Crippen LogP contribution in [-0.4, -0.2) is 27.4 Å². The maximum atomic E-state index is 12.6. The van der Waals surface area contributed by atoms with Gasteiger partial charge < -0.3 is 15.4 Å². The minimum atomic E-state index is -4.52. The minimum absolute atomic E-state index is 0.0507. The first-order chi connectivity index (χ1) is 14.3. The number of halogens is 4. The molecule has 0 saturated heterocycles.